The average molecular weight is 450 g/mol. The number of benzene rings is 2. The number of β-amino-alcohol motifs (C(OH)–C–C–N with tert-alkyl or cyclic N) is 1. The smallest absolute Gasteiger partial charge is 0.175 e. The second kappa shape index (κ2) is 8.19. The Morgan fingerprint density at radius 2 is 2.00 bits per heavy atom. The van der Waals surface area contributed by atoms with Gasteiger partial charge in [-0.3, -0.25) is 4.98 Å². The molecule has 2 N–H and O–H groups in total. The predicted molar refractivity (Wildman–Crippen MR) is 123 cm³/mol. The Balaban J connectivity index is 1.77. The third-order valence-electron chi connectivity index (χ3n) is 6.23. The number of aromatic hydroxyl groups is 1. The maximum absolute atomic E-state index is 16.0. The van der Waals surface area contributed by atoms with Gasteiger partial charge in [-0.2, -0.15) is 0 Å². The number of aryl methyl sites for hydroxylation is 2. The molecule has 4 aromatic rings. The summed E-state index contributed by atoms with van der Waals surface area (Å²) < 4.78 is 30.5. The molecule has 0 bridgehead atoms. The van der Waals surface area contributed by atoms with Crippen LogP contribution in [-0.2, 0) is 6.42 Å². The van der Waals surface area contributed by atoms with Gasteiger partial charge in [-0.05, 0) is 60.7 Å². The summed E-state index contributed by atoms with van der Waals surface area (Å²) in [5, 5.41) is 22.0. The quantitative estimate of drug-likeness (QED) is 0.472. The lowest BCUT2D eigenvalue weighted by atomic mass is 9.94. The summed E-state index contributed by atoms with van der Waals surface area (Å²) in [6.07, 6.45) is 2.97. The SMILES string of the molecule is CCc1c(F)ccc2cc(O)cc(-c3ncc4c(N5CCC[C@H](O)C5)nc(C)nc4c3F)c12. The molecule has 5 rings (SSSR count). The lowest BCUT2D eigenvalue weighted by Crippen LogP contribution is -2.39. The van der Waals surface area contributed by atoms with Crippen LogP contribution >= 0.6 is 0 Å². The minimum atomic E-state index is -0.657. The maximum atomic E-state index is 16.0. The Labute approximate surface area is 189 Å². The summed E-state index contributed by atoms with van der Waals surface area (Å²) in [6.45, 7) is 4.62. The fraction of sp³-hybridized carbons (Fsp3) is 0.320. The fourth-order valence-corrected chi connectivity index (χ4v) is 4.76. The molecule has 1 fully saturated rings. The third kappa shape index (κ3) is 3.64. The number of hydrogen-bond donors (Lipinski definition) is 2. The molecular weight excluding hydrogens is 426 g/mol. The van der Waals surface area contributed by atoms with E-state index in [1.165, 1.54) is 24.4 Å². The maximum Gasteiger partial charge on any atom is 0.175 e. The van der Waals surface area contributed by atoms with Crippen molar-refractivity contribution in [2.45, 2.75) is 39.2 Å². The third-order valence-corrected chi connectivity index (χ3v) is 6.23. The number of phenols is 1. The molecule has 1 saturated heterocycles. The van der Waals surface area contributed by atoms with Crippen molar-refractivity contribution in [2.24, 2.45) is 0 Å². The molecule has 33 heavy (non-hydrogen) atoms. The van der Waals surface area contributed by atoms with Gasteiger partial charge in [0.15, 0.2) is 5.82 Å². The molecule has 3 heterocycles. The van der Waals surface area contributed by atoms with Crippen LogP contribution in [0.15, 0.2) is 30.5 Å². The molecule has 170 valence electrons. The van der Waals surface area contributed by atoms with E-state index in [0.717, 1.165) is 12.8 Å². The number of aromatic nitrogens is 3. The molecule has 2 aromatic carbocycles. The Kier molecular flexibility index (Phi) is 5.32. The lowest BCUT2D eigenvalue weighted by molar-refractivity contribution is 0.154. The van der Waals surface area contributed by atoms with E-state index in [-0.39, 0.29) is 22.8 Å². The Hall–Kier alpha value is -3.39. The molecule has 6 nitrogen and oxygen atoms in total. The summed E-state index contributed by atoms with van der Waals surface area (Å²) in [5.74, 6) is -0.170. The van der Waals surface area contributed by atoms with Gasteiger partial charge in [0, 0.05) is 24.8 Å². The van der Waals surface area contributed by atoms with Gasteiger partial charge in [0.05, 0.1) is 11.5 Å². The van der Waals surface area contributed by atoms with Crippen LogP contribution in [0.25, 0.3) is 32.9 Å². The van der Waals surface area contributed by atoms with E-state index in [1.807, 2.05) is 11.8 Å². The zero-order valence-electron chi connectivity index (χ0n) is 18.4. The topological polar surface area (TPSA) is 82.4 Å². The van der Waals surface area contributed by atoms with E-state index in [2.05, 4.69) is 15.0 Å². The van der Waals surface area contributed by atoms with Crippen LogP contribution in [0.3, 0.4) is 0 Å². The normalized spacial score (nSPS) is 16.6. The summed E-state index contributed by atoms with van der Waals surface area (Å²) in [5.41, 5.74) is 0.845. The molecule has 0 spiro atoms. The highest BCUT2D eigenvalue weighted by atomic mass is 19.1. The first-order valence-corrected chi connectivity index (χ1v) is 11.1. The van der Waals surface area contributed by atoms with Crippen LogP contribution in [0, 0.1) is 18.6 Å². The van der Waals surface area contributed by atoms with Gasteiger partial charge in [-0.25, -0.2) is 18.7 Å². The van der Waals surface area contributed by atoms with E-state index in [1.54, 1.807) is 13.0 Å². The molecule has 0 radical (unpaired) electrons. The molecule has 0 amide bonds. The van der Waals surface area contributed by atoms with Gasteiger partial charge < -0.3 is 15.1 Å². The molecular formula is C25H24F2N4O2. The number of pyridine rings is 1. The van der Waals surface area contributed by atoms with Crippen LogP contribution in [0.5, 0.6) is 5.75 Å². The Morgan fingerprint density at radius 1 is 1.18 bits per heavy atom. The van der Waals surface area contributed by atoms with Gasteiger partial charge in [-0.15, -0.1) is 0 Å². The average Bonchev–Trinajstić information content (AvgIpc) is 2.79. The van der Waals surface area contributed by atoms with Crippen LogP contribution in [-0.4, -0.2) is 44.4 Å². The van der Waals surface area contributed by atoms with Crippen molar-refractivity contribution in [1.82, 2.24) is 15.0 Å². The zero-order chi connectivity index (χ0) is 23.3. The number of rotatable bonds is 3. The number of aliphatic hydroxyl groups excluding tert-OH is 1. The Morgan fingerprint density at radius 3 is 2.76 bits per heavy atom. The van der Waals surface area contributed by atoms with Gasteiger partial charge in [0.2, 0.25) is 0 Å². The monoisotopic (exact) mass is 450 g/mol. The van der Waals surface area contributed by atoms with Crippen molar-refractivity contribution >= 4 is 27.5 Å². The summed E-state index contributed by atoms with van der Waals surface area (Å²) >= 11 is 0. The van der Waals surface area contributed by atoms with Crippen LogP contribution in [0.4, 0.5) is 14.6 Å². The molecule has 1 atom stereocenters. The number of phenolic OH excluding ortho intramolecular Hbond substituents is 1. The number of fused-ring (bicyclic) bond motifs is 2. The summed E-state index contributed by atoms with van der Waals surface area (Å²) in [6, 6.07) is 5.86. The second-order valence-electron chi connectivity index (χ2n) is 8.49. The lowest BCUT2D eigenvalue weighted by Gasteiger charge is -2.31. The van der Waals surface area contributed by atoms with E-state index in [9.17, 15) is 14.6 Å². The number of aliphatic hydroxyl groups is 1. The first-order valence-electron chi connectivity index (χ1n) is 11.1. The highest BCUT2D eigenvalue weighted by Crippen LogP contribution is 2.38. The molecule has 1 aliphatic heterocycles. The first-order chi connectivity index (χ1) is 15.9. The number of piperidine rings is 1. The van der Waals surface area contributed by atoms with E-state index in [4.69, 9.17) is 0 Å². The molecule has 0 unspecified atom stereocenters. The van der Waals surface area contributed by atoms with Crippen LogP contribution < -0.4 is 4.90 Å². The Bertz CT molecular complexity index is 1390. The number of halogens is 2. The number of hydrogen-bond acceptors (Lipinski definition) is 6. The summed E-state index contributed by atoms with van der Waals surface area (Å²) in [7, 11) is 0. The van der Waals surface area contributed by atoms with E-state index in [0.29, 0.717) is 58.4 Å². The minimum Gasteiger partial charge on any atom is -0.508 e. The summed E-state index contributed by atoms with van der Waals surface area (Å²) in [4.78, 5) is 15.2. The van der Waals surface area contributed by atoms with Crippen molar-refractivity contribution in [3.05, 3.63) is 53.5 Å². The van der Waals surface area contributed by atoms with Crippen LogP contribution in [0.1, 0.15) is 31.2 Å². The molecule has 8 heteroatoms. The van der Waals surface area contributed by atoms with Gasteiger partial charge in [-0.1, -0.05) is 13.0 Å². The van der Waals surface area contributed by atoms with Gasteiger partial charge >= 0.3 is 0 Å². The molecule has 0 aliphatic carbocycles. The van der Waals surface area contributed by atoms with Crippen molar-refractivity contribution < 1.29 is 19.0 Å². The van der Waals surface area contributed by atoms with Crippen molar-refractivity contribution in [3.63, 3.8) is 0 Å². The second-order valence-corrected chi connectivity index (χ2v) is 8.49. The molecule has 2 aromatic heterocycles. The zero-order valence-corrected chi connectivity index (χ0v) is 18.4. The van der Waals surface area contributed by atoms with Crippen molar-refractivity contribution in [2.75, 3.05) is 18.0 Å². The van der Waals surface area contributed by atoms with E-state index < -0.39 is 11.9 Å². The fourth-order valence-electron chi connectivity index (χ4n) is 4.76. The molecule has 1 aliphatic rings. The predicted octanol–water partition coefficient (Wildman–Crippen LogP) is 4.66. The van der Waals surface area contributed by atoms with Gasteiger partial charge in [0.25, 0.3) is 0 Å². The van der Waals surface area contributed by atoms with E-state index >= 15 is 4.39 Å². The first kappa shape index (κ1) is 21.5. The minimum absolute atomic E-state index is 0.00794. The number of anilines is 1. The highest BCUT2D eigenvalue weighted by molar-refractivity contribution is 6.01. The largest absolute Gasteiger partial charge is 0.508 e. The molecule has 0 saturated carbocycles. The highest BCUT2D eigenvalue weighted by Gasteiger charge is 2.25. The van der Waals surface area contributed by atoms with Crippen molar-refractivity contribution in [1.29, 1.82) is 0 Å². The standard InChI is InChI=1S/C25H24F2N4O2/c1-3-17-20(26)7-6-14-9-16(33)10-18(21(14)17)23-22(27)24-19(11-28-23)25(30-13(2)29-24)31-8-4-5-15(32)12-31/h6-7,9-11,15,32-33H,3-5,8,12H2,1-2H3/t15-/m0/s1. The van der Waals surface area contributed by atoms with Gasteiger partial charge in [0.1, 0.15) is 34.4 Å². The van der Waals surface area contributed by atoms with Crippen molar-refractivity contribution in [3.8, 4) is 17.0 Å². The van der Waals surface area contributed by atoms with Crippen LogP contribution in [0.2, 0.25) is 0 Å². The number of nitrogens with zero attached hydrogens (tertiary/aromatic N) is 4.